The van der Waals surface area contributed by atoms with Gasteiger partial charge in [0.2, 0.25) is 0 Å². The summed E-state index contributed by atoms with van der Waals surface area (Å²) < 4.78 is 54.3. The van der Waals surface area contributed by atoms with E-state index in [1.807, 2.05) is 0 Å². The first kappa shape index (κ1) is 55.3. The van der Waals surface area contributed by atoms with Crippen molar-refractivity contribution in [3.63, 3.8) is 0 Å². The molecule has 3 atom stereocenters. The highest BCUT2D eigenvalue weighted by atomic mass is 28.5. The van der Waals surface area contributed by atoms with Crippen LogP contribution in [0, 0.1) is 0 Å². The van der Waals surface area contributed by atoms with Gasteiger partial charge in [-0.1, -0.05) is 84.0 Å². The Bertz CT molecular complexity index is 965. The molecule has 0 heterocycles. The summed E-state index contributed by atoms with van der Waals surface area (Å²) in [6, 6.07) is 1.60. The summed E-state index contributed by atoms with van der Waals surface area (Å²) in [5.74, 6) is 0. The van der Waals surface area contributed by atoms with Gasteiger partial charge in [-0.2, -0.15) is 0 Å². The molecule has 2 N–H and O–H groups in total. The predicted octanol–water partition coefficient (Wildman–Crippen LogP) is 10.6. The molecule has 10 nitrogen and oxygen atoms in total. The zero-order valence-corrected chi connectivity index (χ0v) is 46.2. The third-order valence-electron chi connectivity index (χ3n) is 8.21. The smallest absolute Gasteiger partial charge is 0.392 e. The Labute approximate surface area is 343 Å². The molecule has 0 aliphatic heterocycles. The lowest BCUT2D eigenvalue weighted by atomic mass is 10.1. The summed E-state index contributed by atoms with van der Waals surface area (Å²) in [7, 11) is -18.4. The Morgan fingerprint density at radius 1 is 0.500 bits per heavy atom. The number of ether oxygens (including phenoxy) is 1. The van der Waals surface area contributed by atoms with Crippen LogP contribution in [0.5, 0.6) is 0 Å². The molecule has 1 radical (unpaired) electrons. The van der Waals surface area contributed by atoms with Crippen LogP contribution in [0.3, 0.4) is 0 Å². The van der Waals surface area contributed by atoms with Crippen molar-refractivity contribution in [2.75, 3.05) is 26.1 Å². The molecule has 0 aliphatic carbocycles. The van der Waals surface area contributed by atoms with Gasteiger partial charge in [-0.25, -0.2) is 0 Å². The summed E-state index contributed by atoms with van der Waals surface area (Å²) in [6.45, 7) is 35.4. The van der Waals surface area contributed by atoms with E-state index >= 15 is 0 Å². The van der Waals surface area contributed by atoms with E-state index in [2.05, 4.69) is 105 Å². The first-order valence-electron chi connectivity index (χ1n) is 21.2. The number of hydrogen-bond donors (Lipinski definition) is 2. The molecule has 54 heavy (non-hydrogen) atoms. The molecule has 0 aliphatic rings. The Balaban J connectivity index is 6.17. The molecule has 0 aromatic heterocycles. The highest BCUT2D eigenvalue weighted by Crippen LogP contribution is 2.30. The minimum Gasteiger partial charge on any atom is -0.437 e. The monoisotopic (exact) mass is 905 g/mol. The molecule has 0 fully saturated rings. The van der Waals surface area contributed by atoms with Crippen LogP contribution in [0.1, 0.15) is 90.4 Å². The lowest BCUT2D eigenvalue weighted by Crippen LogP contribution is -2.59. The lowest BCUT2D eigenvalue weighted by Gasteiger charge is -2.42. The fourth-order valence-corrected chi connectivity index (χ4v) is 39.8. The molecule has 0 spiro atoms. The Hall–Kier alpha value is 1.34. The van der Waals surface area contributed by atoms with E-state index in [1.54, 1.807) is 0 Å². The molecule has 18 heteroatoms. The normalized spacial score (nSPS) is 16.5. The first-order valence-corrected chi connectivity index (χ1v) is 43.6. The lowest BCUT2D eigenvalue weighted by molar-refractivity contribution is 0.00624. The van der Waals surface area contributed by atoms with Crippen molar-refractivity contribution < 1.29 is 44.1 Å². The Morgan fingerprint density at radius 3 is 1.35 bits per heavy atom. The van der Waals surface area contributed by atoms with E-state index in [1.165, 1.54) is 70.6 Å². The highest BCUT2D eigenvalue weighted by Gasteiger charge is 2.48. The number of unbranched alkanes of at least 4 members (excludes halogenated alkanes) is 11. The first-order chi connectivity index (χ1) is 24.6. The average Bonchev–Trinajstić information content (AvgIpc) is 2.96. The largest absolute Gasteiger partial charge is 0.437 e. The van der Waals surface area contributed by atoms with Crippen molar-refractivity contribution in [1.82, 2.24) is 0 Å². The second kappa shape index (κ2) is 26.5. The number of rotatable bonds is 35. The fourth-order valence-electron chi connectivity index (χ4n) is 6.79. The number of aliphatic hydroxyl groups is 2. The van der Waals surface area contributed by atoms with Gasteiger partial charge in [-0.05, 0) is 117 Å². The maximum Gasteiger partial charge on any atom is 0.392 e. The van der Waals surface area contributed by atoms with E-state index < -0.39 is 74.6 Å². The molecule has 325 valence electrons. The van der Waals surface area contributed by atoms with Crippen molar-refractivity contribution in [2.45, 2.75) is 207 Å². The maximum absolute atomic E-state index is 9.75. The molecular formula is C36H89O10Si8. The van der Waals surface area contributed by atoms with Gasteiger partial charge in [0, 0.05) is 6.61 Å². The van der Waals surface area contributed by atoms with Gasteiger partial charge in [0.15, 0.2) is 25.0 Å². The second-order valence-corrected chi connectivity index (χ2v) is 49.4. The van der Waals surface area contributed by atoms with Gasteiger partial charge < -0.3 is 44.1 Å². The third kappa shape index (κ3) is 32.2. The van der Waals surface area contributed by atoms with Crippen molar-refractivity contribution >= 4 is 68.5 Å². The number of hydrogen-bond acceptors (Lipinski definition) is 10. The van der Waals surface area contributed by atoms with Crippen molar-refractivity contribution in [2.24, 2.45) is 0 Å². The summed E-state index contributed by atoms with van der Waals surface area (Å²) >= 11 is 0. The Kier molecular flexibility index (Phi) is 27.2. The standard InChI is InChI=1S/C36H89O10Si8/c1-17-18-19-20-21-22-23-24-25-26-27-28-31-54(16,46-52(13,14)44-49(5,6)7)42-47(35-40-51(11,12)43-48(2,3)4)41-53(15,45-50(8,9)10)32-29-30-39-34-36(38)33-37/h36-38H,17-35H2,1-16H3. The van der Waals surface area contributed by atoms with Crippen LogP contribution in [-0.2, 0) is 33.9 Å². The van der Waals surface area contributed by atoms with E-state index in [4.69, 9.17) is 33.9 Å². The second-order valence-electron chi connectivity index (χ2n) is 19.3. The van der Waals surface area contributed by atoms with Gasteiger partial charge in [0.05, 0.1) is 19.4 Å². The van der Waals surface area contributed by atoms with Crippen molar-refractivity contribution in [3.8, 4) is 0 Å². The molecule has 0 amide bonds. The predicted molar refractivity (Wildman–Crippen MR) is 246 cm³/mol. The van der Waals surface area contributed by atoms with Gasteiger partial charge >= 0.3 is 43.5 Å². The van der Waals surface area contributed by atoms with Crippen molar-refractivity contribution in [1.29, 1.82) is 0 Å². The molecule has 0 saturated carbocycles. The minimum atomic E-state index is -2.82. The number of aliphatic hydroxyl groups excluding tert-OH is 2. The summed E-state index contributed by atoms with van der Waals surface area (Å²) in [4.78, 5) is 0. The van der Waals surface area contributed by atoms with Crippen LogP contribution in [-0.4, -0.2) is 111 Å². The van der Waals surface area contributed by atoms with Crippen molar-refractivity contribution in [3.05, 3.63) is 0 Å². The summed E-state index contributed by atoms with van der Waals surface area (Å²) in [5.41, 5.74) is 0. The van der Waals surface area contributed by atoms with Crippen LogP contribution in [0.4, 0.5) is 0 Å². The van der Waals surface area contributed by atoms with E-state index in [0.717, 1.165) is 12.5 Å². The molecule has 0 rings (SSSR count). The molecule has 0 saturated heterocycles. The van der Waals surface area contributed by atoms with Crippen LogP contribution >= 0.6 is 0 Å². The van der Waals surface area contributed by atoms with Crippen LogP contribution < -0.4 is 0 Å². The van der Waals surface area contributed by atoms with E-state index in [-0.39, 0.29) is 13.2 Å². The van der Waals surface area contributed by atoms with Crippen LogP contribution in [0.15, 0.2) is 0 Å². The van der Waals surface area contributed by atoms with Crippen LogP contribution in [0.25, 0.3) is 0 Å². The van der Waals surface area contributed by atoms with Gasteiger partial charge in [0.1, 0.15) is 6.10 Å². The topological polar surface area (TPSA) is 114 Å². The van der Waals surface area contributed by atoms with Gasteiger partial charge in [-0.3, -0.25) is 0 Å². The maximum atomic E-state index is 9.75. The van der Waals surface area contributed by atoms with Crippen LogP contribution in [0.2, 0.25) is 110 Å². The fraction of sp³-hybridized carbons (Fsp3) is 1.00. The third-order valence-corrected chi connectivity index (χ3v) is 34.2. The molecule has 0 aromatic carbocycles. The Morgan fingerprint density at radius 2 is 0.907 bits per heavy atom. The summed E-state index contributed by atoms with van der Waals surface area (Å²) in [6.07, 6.45) is 15.8. The molecule has 0 bridgehead atoms. The molecular weight excluding hydrogens is 817 g/mol. The zero-order valence-electron chi connectivity index (χ0n) is 38.2. The average molecular weight is 907 g/mol. The SMILES string of the molecule is CCCCCCCCCCCCCC[Si](C)(O[Si](CO[Si](C)(C)O[Si](C)(C)C)O[Si](C)(CCCOCC(O)CO)O[Si](C)(C)C)O[Si](C)(C)O[Si](C)(C)C. The summed E-state index contributed by atoms with van der Waals surface area (Å²) in [5, 5.41) is 18.9. The molecule has 0 aromatic rings. The molecule has 3 unspecified atom stereocenters. The minimum absolute atomic E-state index is 0.104. The van der Waals surface area contributed by atoms with E-state index in [0.29, 0.717) is 25.3 Å². The quantitative estimate of drug-likeness (QED) is 0.0471. The van der Waals surface area contributed by atoms with Gasteiger partial charge in [0.25, 0.3) is 0 Å². The highest BCUT2D eigenvalue weighted by molar-refractivity contribution is 6.89. The van der Waals surface area contributed by atoms with E-state index in [9.17, 15) is 10.2 Å². The zero-order chi connectivity index (χ0) is 41.7. The van der Waals surface area contributed by atoms with Gasteiger partial charge in [-0.15, -0.1) is 0 Å².